The van der Waals surface area contributed by atoms with Gasteiger partial charge in [0.05, 0.1) is 5.56 Å². The maximum atomic E-state index is 12.0. The molecule has 1 unspecified atom stereocenters. The molecule has 1 atom stereocenters. The number of nitrogens with one attached hydrogen (secondary N) is 1. The number of hydrogen-bond donors (Lipinski definition) is 2. The van der Waals surface area contributed by atoms with Crippen LogP contribution in [-0.4, -0.2) is 38.2 Å². The van der Waals surface area contributed by atoms with Crippen LogP contribution in [0.1, 0.15) is 29.3 Å². The smallest absolute Gasteiger partial charge is 0.341 e. The zero-order chi connectivity index (χ0) is 15.8. The molecule has 1 aromatic rings. The first-order chi connectivity index (χ1) is 9.95. The normalized spacial score (nSPS) is 11.8. The maximum Gasteiger partial charge on any atom is 0.341 e. The molecule has 0 aliphatic carbocycles. The van der Waals surface area contributed by atoms with Crippen LogP contribution in [0.15, 0.2) is 18.2 Å². The van der Waals surface area contributed by atoms with Gasteiger partial charge in [0.25, 0.3) is 5.91 Å². The number of nitrogens with two attached hydrogens (primary N) is 1. The highest BCUT2D eigenvalue weighted by Crippen LogP contribution is 2.15. The van der Waals surface area contributed by atoms with E-state index in [1.54, 1.807) is 25.3 Å². The van der Waals surface area contributed by atoms with E-state index in [0.717, 1.165) is 5.56 Å². The van der Waals surface area contributed by atoms with Crippen LogP contribution < -0.4 is 11.1 Å². The number of esters is 1. The molecule has 3 N–H and O–H groups in total. The average molecular weight is 294 g/mol. The lowest BCUT2D eigenvalue weighted by Gasteiger charge is -2.14. The fraction of sp³-hybridized carbons (Fsp3) is 0.467. The van der Waals surface area contributed by atoms with E-state index < -0.39 is 12.1 Å². The Labute approximate surface area is 124 Å². The summed E-state index contributed by atoms with van der Waals surface area (Å²) in [4.78, 5) is 23.8. The topological polar surface area (TPSA) is 90.6 Å². The highest BCUT2D eigenvalue weighted by Gasteiger charge is 2.20. The standard InChI is InChI=1S/C15H22N2O4/c1-10-5-6-13(16)12(9-10)15(19)21-11(2)14(18)17-7-4-8-20-3/h5-6,9,11H,4,7-8,16H2,1-3H3,(H,17,18). The molecule has 1 rings (SSSR count). The number of amides is 1. The van der Waals surface area contributed by atoms with Crippen LogP contribution in [0.2, 0.25) is 0 Å². The van der Waals surface area contributed by atoms with Gasteiger partial charge >= 0.3 is 5.97 Å². The fourth-order valence-electron chi connectivity index (χ4n) is 1.70. The lowest BCUT2D eigenvalue weighted by atomic mass is 10.1. The van der Waals surface area contributed by atoms with Crippen molar-refractivity contribution in [2.45, 2.75) is 26.4 Å². The van der Waals surface area contributed by atoms with Crippen LogP contribution in [0.5, 0.6) is 0 Å². The summed E-state index contributed by atoms with van der Waals surface area (Å²) in [6, 6.07) is 5.08. The van der Waals surface area contributed by atoms with E-state index in [4.69, 9.17) is 15.2 Å². The second kappa shape index (κ2) is 8.26. The predicted molar refractivity (Wildman–Crippen MR) is 80.0 cm³/mol. The molecule has 0 fully saturated rings. The Morgan fingerprint density at radius 3 is 2.76 bits per heavy atom. The molecule has 0 radical (unpaired) electrons. The number of carbonyl (C=O) groups excluding carboxylic acids is 2. The van der Waals surface area contributed by atoms with Gasteiger partial charge in [0, 0.05) is 25.9 Å². The van der Waals surface area contributed by atoms with Crippen molar-refractivity contribution in [2.24, 2.45) is 0 Å². The largest absolute Gasteiger partial charge is 0.449 e. The molecular formula is C15H22N2O4. The second-order valence-electron chi connectivity index (χ2n) is 4.78. The Morgan fingerprint density at radius 1 is 1.38 bits per heavy atom. The number of aryl methyl sites for hydroxylation is 1. The van der Waals surface area contributed by atoms with E-state index in [1.807, 2.05) is 6.92 Å². The molecular weight excluding hydrogens is 272 g/mol. The van der Waals surface area contributed by atoms with E-state index in [1.165, 1.54) is 6.92 Å². The summed E-state index contributed by atoms with van der Waals surface area (Å²) >= 11 is 0. The van der Waals surface area contributed by atoms with E-state index in [-0.39, 0.29) is 11.5 Å². The van der Waals surface area contributed by atoms with Crippen molar-refractivity contribution in [1.82, 2.24) is 5.32 Å². The molecule has 0 heterocycles. The van der Waals surface area contributed by atoms with Crippen LogP contribution in [-0.2, 0) is 14.3 Å². The van der Waals surface area contributed by atoms with Crippen molar-refractivity contribution in [1.29, 1.82) is 0 Å². The molecule has 116 valence electrons. The summed E-state index contributed by atoms with van der Waals surface area (Å²) in [5.41, 5.74) is 7.24. The van der Waals surface area contributed by atoms with E-state index in [0.29, 0.717) is 25.3 Å². The van der Waals surface area contributed by atoms with Gasteiger partial charge < -0.3 is 20.5 Å². The van der Waals surface area contributed by atoms with Crippen molar-refractivity contribution in [3.63, 3.8) is 0 Å². The maximum absolute atomic E-state index is 12.0. The van der Waals surface area contributed by atoms with Gasteiger partial charge in [-0.25, -0.2) is 4.79 Å². The summed E-state index contributed by atoms with van der Waals surface area (Å²) in [7, 11) is 1.60. The lowest BCUT2D eigenvalue weighted by Crippen LogP contribution is -2.36. The molecule has 0 spiro atoms. The number of ether oxygens (including phenoxy) is 2. The molecule has 6 heteroatoms. The summed E-state index contributed by atoms with van der Waals surface area (Å²) in [5.74, 6) is -0.943. The zero-order valence-electron chi connectivity index (χ0n) is 12.6. The van der Waals surface area contributed by atoms with Crippen molar-refractivity contribution in [3.8, 4) is 0 Å². The minimum Gasteiger partial charge on any atom is -0.449 e. The molecule has 0 aliphatic heterocycles. The van der Waals surface area contributed by atoms with Crippen LogP contribution in [0, 0.1) is 6.92 Å². The Balaban J connectivity index is 2.53. The Morgan fingerprint density at radius 2 is 2.10 bits per heavy atom. The van der Waals surface area contributed by atoms with Crippen molar-refractivity contribution < 1.29 is 19.1 Å². The summed E-state index contributed by atoms with van der Waals surface area (Å²) in [6.07, 6.45) is -0.173. The third-order valence-corrected chi connectivity index (χ3v) is 2.91. The van der Waals surface area contributed by atoms with E-state index >= 15 is 0 Å². The molecule has 0 bridgehead atoms. The van der Waals surface area contributed by atoms with E-state index in [2.05, 4.69) is 5.32 Å². The third-order valence-electron chi connectivity index (χ3n) is 2.91. The van der Waals surface area contributed by atoms with Crippen molar-refractivity contribution >= 4 is 17.6 Å². The SMILES string of the molecule is COCCCNC(=O)C(C)OC(=O)c1cc(C)ccc1N. The molecule has 6 nitrogen and oxygen atoms in total. The highest BCUT2D eigenvalue weighted by atomic mass is 16.5. The van der Waals surface area contributed by atoms with Gasteiger partial charge in [-0.05, 0) is 32.4 Å². The van der Waals surface area contributed by atoms with E-state index in [9.17, 15) is 9.59 Å². The van der Waals surface area contributed by atoms with Crippen LogP contribution in [0.25, 0.3) is 0 Å². The molecule has 0 saturated heterocycles. The number of rotatable bonds is 7. The third kappa shape index (κ3) is 5.43. The van der Waals surface area contributed by atoms with Crippen LogP contribution in [0.3, 0.4) is 0 Å². The number of methoxy groups -OCH3 is 1. The van der Waals surface area contributed by atoms with Gasteiger partial charge in [0.2, 0.25) is 0 Å². The Kier molecular flexibility index (Phi) is 6.68. The van der Waals surface area contributed by atoms with Gasteiger partial charge in [0.15, 0.2) is 6.10 Å². The monoisotopic (exact) mass is 294 g/mol. The van der Waals surface area contributed by atoms with Crippen molar-refractivity contribution in [3.05, 3.63) is 29.3 Å². The first-order valence-electron chi connectivity index (χ1n) is 6.79. The van der Waals surface area contributed by atoms with Crippen LogP contribution >= 0.6 is 0 Å². The average Bonchev–Trinajstić information content (AvgIpc) is 2.45. The quantitative estimate of drug-likeness (QED) is 0.449. The van der Waals surface area contributed by atoms with Crippen molar-refractivity contribution in [2.75, 3.05) is 26.0 Å². The molecule has 0 saturated carbocycles. The fourth-order valence-corrected chi connectivity index (χ4v) is 1.70. The molecule has 0 aromatic heterocycles. The predicted octanol–water partition coefficient (Wildman–Crippen LogP) is 1.28. The Hall–Kier alpha value is -2.08. The number of benzene rings is 1. The lowest BCUT2D eigenvalue weighted by molar-refractivity contribution is -0.129. The first-order valence-corrected chi connectivity index (χ1v) is 6.79. The van der Waals surface area contributed by atoms with Gasteiger partial charge in [-0.3, -0.25) is 4.79 Å². The molecule has 1 amide bonds. The minimum absolute atomic E-state index is 0.272. The molecule has 21 heavy (non-hydrogen) atoms. The van der Waals surface area contributed by atoms with Gasteiger partial charge in [-0.2, -0.15) is 0 Å². The summed E-state index contributed by atoms with van der Waals surface area (Å²) in [6.45, 7) is 4.41. The zero-order valence-corrected chi connectivity index (χ0v) is 12.6. The number of carbonyl (C=O) groups is 2. The second-order valence-corrected chi connectivity index (χ2v) is 4.78. The number of anilines is 1. The molecule has 0 aliphatic rings. The summed E-state index contributed by atoms with van der Waals surface area (Å²) in [5, 5.41) is 2.67. The van der Waals surface area contributed by atoms with Gasteiger partial charge in [-0.15, -0.1) is 0 Å². The summed E-state index contributed by atoms with van der Waals surface area (Å²) < 4.78 is 10.0. The molecule has 1 aromatic carbocycles. The number of nitrogen functional groups attached to an aromatic ring is 1. The Bertz CT molecular complexity index is 502. The van der Waals surface area contributed by atoms with Gasteiger partial charge in [-0.1, -0.05) is 11.6 Å². The minimum atomic E-state index is -0.875. The first kappa shape index (κ1) is 17.0. The number of hydrogen-bond acceptors (Lipinski definition) is 5. The van der Waals surface area contributed by atoms with Crippen LogP contribution in [0.4, 0.5) is 5.69 Å². The highest BCUT2D eigenvalue weighted by molar-refractivity contribution is 5.96. The van der Waals surface area contributed by atoms with Gasteiger partial charge in [0.1, 0.15) is 0 Å².